The molecule has 1 saturated carbocycles. The molecule has 0 radical (unpaired) electrons. The van der Waals surface area contributed by atoms with Crippen LogP contribution in [0.25, 0.3) is 0 Å². The zero-order valence-electron chi connectivity index (χ0n) is 13.1. The molecule has 1 heterocycles. The van der Waals surface area contributed by atoms with Gasteiger partial charge in [0, 0.05) is 22.8 Å². The summed E-state index contributed by atoms with van der Waals surface area (Å²) in [7, 11) is 0. The SMILES string of the molecule is Cc1cc(NC(=O)CN(C(=O)Nc2cccc(Cl)c2)C2CC2)no1. The smallest absolute Gasteiger partial charge is 0.322 e. The van der Waals surface area contributed by atoms with Crippen LogP contribution >= 0.6 is 11.6 Å². The number of hydrogen-bond donors (Lipinski definition) is 2. The molecule has 0 atom stereocenters. The molecule has 7 nitrogen and oxygen atoms in total. The molecule has 0 spiro atoms. The summed E-state index contributed by atoms with van der Waals surface area (Å²) in [6.45, 7) is 1.68. The first-order valence-corrected chi connectivity index (χ1v) is 7.95. The minimum absolute atomic E-state index is 0.0526. The third-order valence-corrected chi connectivity index (χ3v) is 3.77. The Morgan fingerprint density at radius 2 is 2.12 bits per heavy atom. The average Bonchev–Trinajstić information content (AvgIpc) is 3.28. The molecule has 0 aliphatic heterocycles. The molecule has 3 rings (SSSR count). The predicted octanol–water partition coefficient (Wildman–Crippen LogP) is 3.27. The lowest BCUT2D eigenvalue weighted by Gasteiger charge is -2.22. The van der Waals surface area contributed by atoms with Crippen LogP contribution in [-0.4, -0.2) is 34.6 Å². The molecule has 2 aromatic rings. The second-order valence-corrected chi connectivity index (χ2v) is 6.11. The number of carbonyl (C=O) groups excluding carboxylic acids is 2. The van der Waals surface area contributed by atoms with Gasteiger partial charge in [-0.3, -0.25) is 4.79 Å². The Balaban J connectivity index is 1.61. The van der Waals surface area contributed by atoms with Gasteiger partial charge in [0.2, 0.25) is 5.91 Å². The molecule has 1 aromatic heterocycles. The molecule has 0 unspecified atom stereocenters. The first-order chi connectivity index (χ1) is 11.5. The first-order valence-electron chi connectivity index (χ1n) is 7.57. The molecule has 24 heavy (non-hydrogen) atoms. The zero-order chi connectivity index (χ0) is 17.1. The Morgan fingerprint density at radius 1 is 1.33 bits per heavy atom. The largest absolute Gasteiger partial charge is 0.360 e. The standard InChI is InChI=1S/C16H17ClN4O3/c1-10-7-14(20-24-10)19-15(22)9-21(13-5-6-13)16(23)18-12-4-2-3-11(17)8-12/h2-4,7-8,13H,5-6,9H2,1H3,(H,18,23)(H,19,20,22). The quantitative estimate of drug-likeness (QED) is 0.868. The number of anilines is 2. The number of aryl methyl sites for hydroxylation is 1. The lowest BCUT2D eigenvalue weighted by Crippen LogP contribution is -2.42. The van der Waals surface area contributed by atoms with Gasteiger partial charge in [0.25, 0.3) is 0 Å². The van der Waals surface area contributed by atoms with Gasteiger partial charge < -0.3 is 20.1 Å². The molecule has 3 amide bonds. The molecule has 2 N–H and O–H groups in total. The van der Waals surface area contributed by atoms with E-state index in [4.69, 9.17) is 16.1 Å². The molecular weight excluding hydrogens is 332 g/mol. The van der Waals surface area contributed by atoms with E-state index in [9.17, 15) is 9.59 Å². The van der Waals surface area contributed by atoms with Crippen molar-refractivity contribution in [2.75, 3.05) is 17.2 Å². The van der Waals surface area contributed by atoms with Crippen LogP contribution in [0, 0.1) is 6.92 Å². The number of urea groups is 1. The number of nitrogens with one attached hydrogen (secondary N) is 2. The van der Waals surface area contributed by atoms with Crippen molar-refractivity contribution in [2.45, 2.75) is 25.8 Å². The fourth-order valence-electron chi connectivity index (χ4n) is 2.28. The molecule has 0 bridgehead atoms. The number of halogens is 1. The highest BCUT2D eigenvalue weighted by molar-refractivity contribution is 6.30. The summed E-state index contributed by atoms with van der Waals surface area (Å²) in [6, 6.07) is 8.24. The van der Waals surface area contributed by atoms with Crippen LogP contribution in [0.15, 0.2) is 34.9 Å². The number of benzene rings is 1. The molecule has 1 aliphatic carbocycles. The first kappa shape index (κ1) is 16.3. The van der Waals surface area contributed by atoms with Crippen LogP contribution in [0.2, 0.25) is 5.02 Å². The monoisotopic (exact) mass is 348 g/mol. The van der Waals surface area contributed by atoms with Crippen LogP contribution in [0.4, 0.5) is 16.3 Å². The van der Waals surface area contributed by atoms with Crippen LogP contribution in [0.5, 0.6) is 0 Å². The van der Waals surface area contributed by atoms with Gasteiger partial charge in [0.15, 0.2) is 5.82 Å². The van der Waals surface area contributed by atoms with Crippen LogP contribution < -0.4 is 10.6 Å². The second-order valence-electron chi connectivity index (χ2n) is 5.67. The van der Waals surface area contributed by atoms with Crippen molar-refractivity contribution < 1.29 is 14.1 Å². The van der Waals surface area contributed by atoms with E-state index in [1.807, 2.05) is 0 Å². The highest BCUT2D eigenvalue weighted by atomic mass is 35.5. The summed E-state index contributed by atoms with van der Waals surface area (Å²) in [4.78, 5) is 26.1. The number of hydrogen-bond acceptors (Lipinski definition) is 4. The molecule has 126 valence electrons. The fraction of sp³-hybridized carbons (Fsp3) is 0.312. The van der Waals surface area contributed by atoms with E-state index in [2.05, 4.69) is 15.8 Å². The van der Waals surface area contributed by atoms with E-state index in [0.29, 0.717) is 22.3 Å². The van der Waals surface area contributed by atoms with Crippen LogP contribution in [-0.2, 0) is 4.79 Å². The summed E-state index contributed by atoms with van der Waals surface area (Å²) >= 11 is 5.91. The van der Waals surface area contributed by atoms with Crippen LogP contribution in [0.1, 0.15) is 18.6 Å². The topological polar surface area (TPSA) is 87.5 Å². The maximum atomic E-state index is 12.5. The van der Waals surface area contributed by atoms with Crippen molar-refractivity contribution in [3.05, 3.63) is 41.1 Å². The number of nitrogens with zero attached hydrogens (tertiary/aromatic N) is 2. The van der Waals surface area contributed by atoms with Gasteiger partial charge in [-0.25, -0.2) is 4.79 Å². The summed E-state index contributed by atoms with van der Waals surface area (Å²) in [5.41, 5.74) is 0.589. The summed E-state index contributed by atoms with van der Waals surface area (Å²) < 4.78 is 4.90. The van der Waals surface area contributed by atoms with Gasteiger partial charge in [0.05, 0.1) is 0 Å². The highest BCUT2D eigenvalue weighted by Crippen LogP contribution is 2.27. The van der Waals surface area contributed by atoms with Crippen molar-refractivity contribution in [3.63, 3.8) is 0 Å². The molecule has 8 heteroatoms. The molecule has 1 aliphatic rings. The van der Waals surface area contributed by atoms with Crippen molar-refractivity contribution in [2.24, 2.45) is 0 Å². The molecule has 0 saturated heterocycles. The van der Waals surface area contributed by atoms with Crippen molar-refractivity contribution in [1.29, 1.82) is 0 Å². The number of carbonyl (C=O) groups is 2. The number of rotatable bonds is 5. The lowest BCUT2D eigenvalue weighted by molar-refractivity contribution is -0.116. The van der Waals surface area contributed by atoms with Crippen molar-refractivity contribution >= 4 is 35.0 Å². The Kier molecular flexibility index (Phi) is 4.71. The third kappa shape index (κ3) is 4.26. The predicted molar refractivity (Wildman–Crippen MR) is 90.1 cm³/mol. The Bertz CT molecular complexity index is 757. The third-order valence-electron chi connectivity index (χ3n) is 3.53. The van der Waals surface area contributed by atoms with Crippen molar-refractivity contribution in [1.82, 2.24) is 10.1 Å². The number of aromatic nitrogens is 1. The van der Waals surface area contributed by atoms with Gasteiger partial charge in [0.1, 0.15) is 12.3 Å². The van der Waals surface area contributed by atoms with Crippen molar-refractivity contribution in [3.8, 4) is 0 Å². The van der Waals surface area contributed by atoms with E-state index in [1.165, 1.54) is 4.90 Å². The van der Waals surface area contributed by atoms with Gasteiger partial charge in [-0.1, -0.05) is 22.8 Å². The molecule has 1 fully saturated rings. The maximum Gasteiger partial charge on any atom is 0.322 e. The van der Waals surface area contributed by atoms with E-state index in [0.717, 1.165) is 12.8 Å². The summed E-state index contributed by atoms with van der Waals surface area (Å²) in [6.07, 6.45) is 1.78. The lowest BCUT2D eigenvalue weighted by atomic mass is 10.3. The van der Waals surface area contributed by atoms with Gasteiger partial charge in [-0.2, -0.15) is 0 Å². The average molecular weight is 349 g/mol. The Labute approximate surface area is 143 Å². The van der Waals surface area contributed by atoms with Gasteiger partial charge >= 0.3 is 6.03 Å². The van der Waals surface area contributed by atoms with Gasteiger partial charge in [-0.05, 0) is 38.0 Å². The fourth-order valence-corrected chi connectivity index (χ4v) is 2.47. The summed E-state index contributed by atoms with van der Waals surface area (Å²) in [5.74, 6) is 0.614. The minimum Gasteiger partial charge on any atom is -0.360 e. The second kappa shape index (κ2) is 6.92. The van der Waals surface area contributed by atoms with E-state index < -0.39 is 0 Å². The van der Waals surface area contributed by atoms with E-state index in [1.54, 1.807) is 37.3 Å². The van der Waals surface area contributed by atoms with Gasteiger partial charge in [-0.15, -0.1) is 0 Å². The maximum absolute atomic E-state index is 12.5. The zero-order valence-corrected chi connectivity index (χ0v) is 13.8. The number of amides is 3. The van der Waals surface area contributed by atoms with Crippen LogP contribution in [0.3, 0.4) is 0 Å². The minimum atomic E-state index is -0.328. The normalized spacial score (nSPS) is 13.4. The van der Waals surface area contributed by atoms with E-state index in [-0.39, 0.29) is 24.5 Å². The molecule has 1 aromatic carbocycles. The summed E-state index contributed by atoms with van der Waals surface area (Å²) in [5, 5.41) is 9.62. The molecular formula is C16H17ClN4O3. The Hall–Kier alpha value is -2.54. The Morgan fingerprint density at radius 3 is 2.75 bits per heavy atom. The van der Waals surface area contributed by atoms with E-state index >= 15 is 0 Å². The highest BCUT2D eigenvalue weighted by Gasteiger charge is 2.34.